The standard InChI is InChI=1S/C27H32F3N5O4S/c1-5-26(16-39-22(36)25(2,3)4,18-9-7-10-19(14-18)27(28,29)30)34-40-24(37)33-21-17(8-6-11-20(21)31)15-35-12-13-38-23(35)32/h6-14,32,34H,5,15-16,31H2,1-4H3,(H,33,37). The number of oxazole rings is 1. The van der Waals surface area contributed by atoms with Crippen molar-refractivity contribution in [1.29, 1.82) is 5.41 Å². The predicted octanol–water partition coefficient (Wildman–Crippen LogP) is 5.87. The summed E-state index contributed by atoms with van der Waals surface area (Å²) in [5.41, 5.74) is 4.40. The molecule has 0 fully saturated rings. The summed E-state index contributed by atoms with van der Waals surface area (Å²) in [4.78, 5) is 25.6. The Balaban J connectivity index is 1.87. The maximum Gasteiger partial charge on any atom is 0.416 e. The van der Waals surface area contributed by atoms with Gasteiger partial charge in [0.05, 0.1) is 34.4 Å². The molecule has 0 saturated carbocycles. The van der Waals surface area contributed by atoms with E-state index in [1.807, 2.05) is 0 Å². The normalized spacial score (nSPS) is 13.5. The van der Waals surface area contributed by atoms with E-state index in [2.05, 4.69) is 10.0 Å². The maximum absolute atomic E-state index is 13.5. The van der Waals surface area contributed by atoms with Crippen molar-refractivity contribution in [3.8, 4) is 0 Å². The van der Waals surface area contributed by atoms with E-state index in [1.54, 1.807) is 52.1 Å². The van der Waals surface area contributed by atoms with Crippen LogP contribution < -0.4 is 21.5 Å². The van der Waals surface area contributed by atoms with E-state index in [1.165, 1.54) is 23.0 Å². The average Bonchev–Trinajstić information content (AvgIpc) is 3.29. The van der Waals surface area contributed by atoms with Gasteiger partial charge in [0.1, 0.15) is 12.9 Å². The largest absolute Gasteiger partial charge is 0.463 e. The predicted molar refractivity (Wildman–Crippen MR) is 146 cm³/mol. The van der Waals surface area contributed by atoms with Gasteiger partial charge in [-0.25, -0.2) is 4.72 Å². The average molecular weight is 580 g/mol. The zero-order chi connectivity index (χ0) is 29.7. The number of alkyl halides is 3. The molecule has 2 aromatic carbocycles. The molecule has 0 spiro atoms. The number of nitrogen functional groups attached to an aromatic ring is 1. The number of amides is 1. The van der Waals surface area contributed by atoms with E-state index in [0.29, 0.717) is 23.2 Å². The van der Waals surface area contributed by atoms with Crippen molar-refractivity contribution >= 4 is 34.5 Å². The van der Waals surface area contributed by atoms with Gasteiger partial charge in [0, 0.05) is 18.1 Å². The van der Waals surface area contributed by atoms with Crippen LogP contribution in [0.15, 0.2) is 59.3 Å². The molecule has 1 aromatic heterocycles. The number of ether oxygens (including phenoxy) is 1. The summed E-state index contributed by atoms with van der Waals surface area (Å²) < 4.78 is 55.5. The Morgan fingerprint density at radius 3 is 2.40 bits per heavy atom. The van der Waals surface area contributed by atoms with Crippen molar-refractivity contribution in [1.82, 2.24) is 9.29 Å². The van der Waals surface area contributed by atoms with Crippen LogP contribution in [0.4, 0.5) is 29.3 Å². The molecule has 13 heteroatoms. The Kier molecular flexibility index (Phi) is 9.41. The number of nitrogens with two attached hydrogens (primary N) is 1. The van der Waals surface area contributed by atoms with Crippen LogP contribution in [0.2, 0.25) is 0 Å². The number of nitrogens with zero attached hydrogens (tertiary/aromatic N) is 1. The van der Waals surface area contributed by atoms with Crippen LogP contribution in [0, 0.1) is 10.8 Å². The topological polar surface area (TPSA) is 135 Å². The number of rotatable bonds is 9. The first-order valence-electron chi connectivity index (χ1n) is 12.3. The van der Waals surface area contributed by atoms with Crippen molar-refractivity contribution in [2.45, 2.75) is 52.4 Å². The Morgan fingerprint density at radius 1 is 1.12 bits per heavy atom. The Bertz CT molecular complexity index is 1410. The SMILES string of the molecule is CCC(COC(=O)C(C)(C)C)(NSC(=O)Nc1c(N)cccc1Cn1ccoc1=N)c1cccc(C(F)(F)F)c1. The number of nitrogens with one attached hydrogen (secondary N) is 3. The number of halogens is 3. The molecular weight excluding hydrogens is 547 g/mol. The van der Waals surface area contributed by atoms with E-state index < -0.39 is 33.9 Å². The second-order valence-electron chi connectivity index (χ2n) is 10.2. The van der Waals surface area contributed by atoms with Crippen molar-refractivity contribution < 1.29 is 31.9 Å². The molecule has 3 rings (SSSR count). The van der Waals surface area contributed by atoms with Crippen LogP contribution in [0.5, 0.6) is 0 Å². The first-order chi connectivity index (χ1) is 18.7. The molecule has 0 aliphatic heterocycles. The summed E-state index contributed by atoms with van der Waals surface area (Å²) in [6.07, 6.45) is -1.47. The summed E-state index contributed by atoms with van der Waals surface area (Å²) in [6, 6.07) is 9.72. The molecule has 40 heavy (non-hydrogen) atoms. The molecule has 0 bridgehead atoms. The highest BCUT2D eigenvalue weighted by Crippen LogP contribution is 2.35. The van der Waals surface area contributed by atoms with Crippen LogP contribution in [0.3, 0.4) is 0 Å². The third kappa shape index (κ3) is 7.48. The molecule has 0 saturated heterocycles. The van der Waals surface area contributed by atoms with Gasteiger partial charge in [-0.05, 0) is 56.5 Å². The highest BCUT2D eigenvalue weighted by Gasteiger charge is 2.38. The lowest BCUT2D eigenvalue weighted by Crippen LogP contribution is -2.45. The number of benzene rings is 2. The summed E-state index contributed by atoms with van der Waals surface area (Å²) in [6.45, 7) is 6.58. The van der Waals surface area contributed by atoms with E-state index in [9.17, 15) is 22.8 Å². The van der Waals surface area contributed by atoms with Crippen LogP contribution in [0.25, 0.3) is 0 Å². The number of para-hydroxylation sites is 1. The zero-order valence-corrected chi connectivity index (χ0v) is 23.3. The van der Waals surface area contributed by atoms with Gasteiger partial charge in [0.15, 0.2) is 0 Å². The Morgan fingerprint density at radius 2 is 1.80 bits per heavy atom. The van der Waals surface area contributed by atoms with Crippen LogP contribution in [0.1, 0.15) is 50.8 Å². The number of hydrogen-bond acceptors (Lipinski definition) is 8. The Labute approximate surface area is 233 Å². The van der Waals surface area contributed by atoms with Crippen LogP contribution in [-0.2, 0) is 27.8 Å². The van der Waals surface area contributed by atoms with Gasteiger partial charge in [-0.2, -0.15) is 13.2 Å². The number of aromatic nitrogens is 1. The van der Waals surface area contributed by atoms with Gasteiger partial charge in [-0.15, -0.1) is 0 Å². The molecule has 1 heterocycles. The monoisotopic (exact) mass is 579 g/mol. The van der Waals surface area contributed by atoms with Gasteiger partial charge >= 0.3 is 12.1 Å². The maximum atomic E-state index is 13.5. The van der Waals surface area contributed by atoms with Crippen LogP contribution >= 0.6 is 11.9 Å². The lowest BCUT2D eigenvalue weighted by molar-refractivity contribution is -0.155. The fourth-order valence-electron chi connectivity index (χ4n) is 3.74. The minimum atomic E-state index is -4.59. The van der Waals surface area contributed by atoms with Crippen molar-refractivity contribution in [3.63, 3.8) is 0 Å². The third-order valence-corrected chi connectivity index (χ3v) is 6.96. The van der Waals surface area contributed by atoms with E-state index in [4.69, 9.17) is 20.3 Å². The Hall–Kier alpha value is -3.71. The number of carbonyl (C=O) groups is 2. The third-order valence-electron chi connectivity index (χ3n) is 6.18. The van der Waals surface area contributed by atoms with Crippen LogP contribution in [-0.4, -0.2) is 22.4 Å². The summed E-state index contributed by atoms with van der Waals surface area (Å²) in [5.74, 6) is -0.541. The lowest BCUT2D eigenvalue weighted by Gasteiger charge is -2.34. The molecule has 0 radical (unpaired) electrons. The first kappa shape index (κ1) is 30.8. The fourth-order valence-corrected chi connectivity index (χ4v) is 4.50. The van der Waals surface area contributed by atoms with E-state index in [-0.39, 0.29) is 36.5 Å². The minimum Gasteiger partial charge on any atom is -0.463 e. The summed E-state index contributed by atoms with van der Waals surface area (Å²) >= 11 is 0.608. The molecule has 5 N–H and O–H groups in total. The molecular formula is C27H32F3N5O4S. The number of esters is 1. The molecule has 9 nitrogen and oxygen atoms in total. The van der Waals surface area contributed by atoms with E-state index in [0.717, 1.165) is 12.1 Å². The number of hydrogen-bond donors (Lipinski definition) is 4. The molecule has 0 aliphatic carbocycles. The molecule has 3 aromatic rings. The van der Waals surface area contributed by atoms with Gasteiger partial charge in [0.2, 0.25) is 0 Å². The number of anilines is 2. The highest BCUT2D eigenvalue weighted by molar-refractivity contribution is 8.12. The van der Waals surface area contributed by atoms with E-state index >= 15 is 0 Å². The second kappa shape index (κ2) is 12.2. The van der Waals surface area contributed by atoms with Gasteiger partial charge in [-0.1, -0.05) is 31.2 Å². The molecule has 0 aliphatic rings. The summed E-state index contributed by atoms with van der Waals surface area (Å²) in [5, 5.41) is 9.95. The van der Waals surface area contributed by atoms with Crippen molar-refractivity contribution in [2.24, 2.45) is 5.41 Å². The smallest absolute Gasteiger partial charge is 0.416 e. The molecule has 216 valence electrons. The zero-order valence-electron chi connectivity index (χ0n) is 22.5. The van der Waals surface area contributed by atoms with Crippen molar-refractivity contribution in [2.75, 3.05) is 17.7 Å². The van der Waals surface area contributed by atoms with Gasteiger partial charge < -0.3 is 20.2 Å². The molecule has 1 atom stereocenters. The highest BCUT2D eigenvalue weighted by atomic mass is 32.2. The fraction of sp³-hybridized carbons (Fsp3) is 0.370. The van der Waals surface area contributed by atoms with Crippen molar-refractivity contribution in [3.05, 3.63) is 77.3 Å². The molecule has 1 unspecified atom stereocenters. The minimum absolute atomic E-state index is 0.0886. The quantitative estimate of drug-likeness (QED) is 0.141. The molecule has 1 amide bonds. The first-order valence-corrected chi connectivity index (χ1v) is 13.1. The summed E-state index contributed by atoms with van der Waals surface area (Å²) in [7, 11) is 0. The van der Waals surface area contributed by atoms with Gasteiger partial charge in [-0.3, -0.25) is 19.6 Å². The lowest BCUT2D eigenvalue weighted by atomic mass is 9.87. The number of carbonyl (C=O) groups excluding carboxylic acids is 2. The van der Waals surface area contributed by atoms with Gasteiger partial charge in [0.25, 0.3) is 10.9 Å². The second-order valence-corrected chi connectivity index (χ2v) is 11.0.